The average molecular weight is 162 g/mol. The smallest absolute Gasteiger partial charge is 0.410 e. The number of hydrogen-bond acceptors (Lipinski definition) is 2. The zero-order chi connectivity index (χ0) is 8.97. The molecule has 0 aromatic carbocycles. The second-order valence-electron chi connectivity index (χ2n) is 2.00. The van der Waals surface area contributed by atoms with Crippen molar-refractivity contribution in [3.05, 3.63) is 23.9 Å². The monoisotopic (exact) mass is 162 g/mol. The fourth-order valence-corrected chi connectivity index (χ4v) is 0.698. The Balaban J connectivity index is 2.88. The first kappa shape index (κ1) is 8.08. The lowest BCUT2D eigenvalue weighted by Crippen LogP contribution is -2.08. The topological polar surface area (TPSA) is 62.2 Å². The van der Waals surface area contributed by atoms with Crippen molar-refractivity contribution in [2.75, 3.05) is 5.32 Å². The van der Waals surface area contributed by atoms with E-state index in [1.807, 2.05) is 0 Å². The summed E-state index contributed by atoms with van der Waals surface area (Å²) in [7, 11) is 0. The van der Waals surface area contributed by atoms with Crippen LogP contribution in [0.25, 0.3) is 0 Å². The van der Waals surface area contributed by atoms with Crippen LogP contribution in [0.4, 0.5) is 10.6 Å². The molecule has 0 saturated carbocycles. The molecule has 0 spiro atoms. The molecule has 0 fully saturated rings. The Morgan fingerprint density at radius 2 is 2.50 bits per heavy atom. The van der Waals surface area contributed by atoms with Gasteiger partial charge in [-0.25, -0.2) is 9.78 Å². The van der Waals surface area contributed by atoms with E-state index in [9.17, 15) is 4.79 Å². The van der Waals surface area contributed by atoms with Gasteiger partial charge in [0.1, 0.15) is 5.82 Å². The van der Waals surface area contributed by atoms with Gasteiger partial charge in [-0.2, -0.15) is 0 Å². The predicted molar refractivity (Wildman–Crippen MR) is 43.8 cm³/mol. The Bertz CT molecular complexity index is 341. The Morgan fingerprint density at radius 3 is 3.08 bits per heavy atom. The van der Waals surface area contributed by atoms with E-state index in [1.165, 1.54) is 12.3 Å². The Morgan fingerprint density at radius 1 is 1.75 bits per heavy atom. The van der Waals surface area contributed by atoms with Gasteiger partial charge >= 0.3 is 6.09 Å². The van der Waals surface area contributed by atoms with Gasteiger partial charge in [-0.15, -0.1) is 6.42 Å². The first-order chi connectivity index (χ1) is 5.72. The first-order valence-electron chi connectivity index (χ1n) is 3.15. The standard InChI is InChI=1S/C8H6N2O2/c1-2-6-3-4-9-7(5-6)10-8(11)12/h1,3-5H,(H,9,10)(H,11,12). The molecule has 0 atom stereocenters. The normalized spacial score (nSPS) is 8.58. The molecular formula is C8H6N2O2. The van der Waals surface area contributed by atoms with Gasteiger partial charge in [-0.3, -0.25) is 5.32 Å². The number of aromatic nitrogens is 1. The summed E-state index contributed by atoms with van der Waals surface area (Å²) in [5.74, 6) is 2.60. The molecule has 0 bridgehead atoms. The molecular weight excluding hydrogens is 156 g/mol. The molecule has 12 heavy (non-hydrogen) atoms. The minimum Gasteiger partial charge on any atom is -0.465 e. The molecule has 0 radical (unpaired) electrons. The number of pyridine rings is 1. The van der Waals surface area contributed by atoms with Crippen molar-refractivity contribution < 1.29 is 9.90 Å². The van der Waals surface area contributed by atoms with E-state index in [1.54, 1.807) is 6.07 Å². The van der Waals surface area contributed by atoms with E-state index < -0.39 is 6.09 Å². The highest BCUT2D eigenvalue weighted by Crippen LogP contribution is 2.04. The summed E-state index contributed by atoms with van der Waals surface area (Å²) in [5, 5.41) is 10.4. The van der Waals surface area contributed by atoms with E-state index in [0.717, 1.165) is 0 Å². The Labute approximate surface area is 69.3 Å². The second-order valence-corrected chi connectivity index (χ2v) is 2.00. The van der Waals surface area contributed by atoms with Gasteiger partial charge in [-0.1, -0.05) is 5.92 Å². The van der Waals surface area contributed by atoms with E-state index >= 15 is 0 Å². The molecule has 1 aromatic heterocycles. The van der Waals surface area contributed by atoms with Crippen LogP contribution in [0.3, 0.4) is 0 Å². The van der Waals surface area contributed by atoms with Crippen LogP contribution < -0.4 is 5.32 Å². The molecule has 1 aromatic rings. The fourth-order valence-electron chi connectivity index (χ4n) is 0.698. The maximum Gasteiger partial charge on any atom is 0.410 e. The minimum atomic E-state index is -1.16. The maximum absolute atomic E-state index is 10.2. The third-order valence-electron chi connectivity index (χ3n) is 1.16. The third kappa shape index (κ3) is 1.99. The van der Waals surface area contributed by atoms with Crippen LogP contribution >= 0.6 is 0 Å². The van der Waals surface area contributed by atoms with Gasteiger partial charge in [0.15, 0.2) is 0 Å². The summed E-state index contributed by atoms with van der Waals surface area (Å²) >= 11 is 0. The number of nitrogens with zero attached hydrogens (tertiary/aromatic N) is 1. The summed E-state index contributed by atoms with van der Waals surface area (Å²) in [6.45, 7) is 0. The summed E-state index contributed by atoms with van der Waals surface area (Å²) in [6.07, 6.45) is 5.39. The lowest BCUT2D eigenvalue weighted by molar-refractivity contribution is 0.209. The van der Waals surface area contributed by atoms with E-state index in [0.29, 0.717) is 5.56 Å². The van der Waals surface area contributed by atoms with Crippen molar-refractivity contribution >= 4 is 11.9 Å². The molecule has 4 heteroatoms. The van der Waals surface area contributed by atoms with Crippen LogP contribution in [0.15, 0.2) is 18.3 Å². The fraction of sp³-hybridized carbons (Fsp3) is 0. The molecule has 0 aliphatic rings. The van der Waals surface area contributed by atoms with Crippen LogP contribution in [-0.4, -0.2) is 16.2 Å². The van der Waals surface area contributed by atoms with Crippen LogP contribution in [0, 0.1) is 12.3 Å². The van der Waals surface area contributed by atoms with Crippen LogP contribution in [0.1, 0.15) is 5.56 Å². The number of nitrogens with one attached hydrogen (secondary N) is 1. The van der Waals surface area contributed by atoms with Crippen molar-refractivity contribution in [3.63, 3.8) is 0 Å². The third-order valence-corrected chi connectivity index (χ3v) is 1.16. The zero-order valence-corrected chi connectivity index (χ0v) is 6.11. The molecule has 0 aliphatic heterocycles. The highest BCUT2D eigenvalue weighted by molar-refractivity contribution is 5.81. The highest BCUT2D eigenvalue weighted by Gasteiger charge is 1.98. The van der Waals surface area contributed by atoms with Crippen LogP contribution in [0.2, 0.25) is 0 Å². The van der Waals surface area contributed by atoms with Gasteiger partial charge in [0.25, 0.3) is 0 Å². The van der Waals surface area contributed by atoms with Gasteiger partial charge in [0.05, 0.1) is 0 Å². The largest absolute Gasteiger partial charge is 0.465 e. The first-order valence-corrected chi connectivity index (χ1v) is 3.15. The lowest BCUT2D eigenvalue weighted by Gasteiger charge is -1.98. The number of terminal acetylenes is 1. The second kappa shape index (κ2) is 3.39. The number of hydrogen-bond donors (Lipinski definition) is 2. The maximum atomic E-state index is 10.2. The zero-order valence-electron chi connectivity index (χ0n) is 6.11. The SMILES string of the molecule is C#Cc1ccnc(NC(=O)O)c1. The quantitative estimate of drug-likeness (QED) is 0.609. The minimum absolute atomic E-state index is 0.234. The van der Waals surface area contributed by atoms with Crippen molar-refractivity contribution in [1.82, 2.24) is 4.98 Å². The molecule has 0 unspecified atom stereocenters. The van der Waals surface area contributed by atoms with Crippen LogP contribution in [0.5, 0.6) is 0 Å². The van der Waals surface area contributed by atoms with Crippen LogP contribution in [-0.2, 0) is 0 Å². The van der Waals surface area contributed by atoms with E-state index in [2.05, 4.69) is 16.2 Å². The molecule has 0 aliphatic carbocycles. The summed E-state index contributed by atoms with van der Waals surface area (Å²) < 4.78 is 0. The van der Waals surface area contributed by atoms with Gasteiger partial charge in [-0.05, 0) is 12.1 Å². The van der Waals surface area contributed by atoms with Gasteiger partial charge in [0.2, 0.25) is 0 Å². The average Bonchev–Trinajstić information content (AvgIpc) is 2.03. The van der Waals surface area contributed by atoms with Crippen molar-refractivity contribution in [3.8, 4) is 12.3 Å². The molecule has 60 valence electrons. The van der Waals surface area contributed by atoms with E-state index in [4.69, 9.17) is 11.5 Å². The number of anilines is 1. The van der Waals surface area contributed by atoms with Crippen molar-refractivity contribution in [1.29, 1.82) is 0 Å². The molecule has 0 saturated heterocycles. The number of carbonyl (C=O) groups is 1. The predicted octanol–water partition coefficient (Wildman–Crippen LogP) is 1.15. The molecule has 1 rings (SSSR count). The molecule has 1 heterocycles. The highest BCUT2D eigenvalue weighted by atomic mass is 16.4. The summed E-state index contributed by atoms with van der Waals surface area (Å²) in [6, 6.07) is 3.10. The Kier molecular flexibility index (Phi) is 2.29. The lowest BCUT2D eigenvalue weighted by atomic mass is 10.3. The molecule has 4 nitrogen and oxygen atoms in total. The van der Waals surface area contributed by atoms with Crippen molar-refractivity contribution in [2.45, 2.75) is 0 Å². The number of carboxylic acid groups (broad SMARTS) is 1. The van der Waals surface area contributed by atoms with Crippen molar-refractivity contribution in [2.24, 2.45) is 0 Å². The number of rotatable bonds is 1. The molecule has 1 amide bonds. The van der Waals surface area contributed by atoms with Gasteiger partial charge < -0.3 is 5.11 Å². The molecule has 2 N–H and O–H groups in total. The van der Waals surface area contributed by atoms with Gasteiger partial charge in [0, 0.05) is 11.8 Å². The summed E-state index contributed by atoms with van der Waals surface area (Å²) in [5.41, 5.74) is 0.591. The summed E-state index contributed by atoms with van der Waals surface area (Å²) in [4.78, 5) is 13.9. The Hall–Kier alpha value is -2.02. The van der Waals surface area contributed by atoms with E-state index in [-0.39, 0.29) is 5.82 Å². The number of amides is 1.